The number of aliphatic carboxylic acids is 1. The molecular formula is C13H21NO3. The van der Waals surface area contributed by atoms with Crippen LogP contribution in [0, 0.1) is 5.41 Å². The number of hydrogen-bond acceptors (Lipinski definition) is 2. The summed E-state index contributed by atoms with van der Waals surface area (Å²) in [5, 5.41) is 11.5. The molecule has 0 aliphatic carbocycles. The second-order valence-electron chi connectivity index (χ2n) is 4.91. The van der Waals surface area contributed by atoms with E-state index < -0.39 is 5.97 Å². The smallest absolute Gasteiger partial charge is 0.305 e. The van der Waals surface area contributed by atoms with Crippen LogP contribution in [0.15, 0.2) is 24.3 Å². The van der Waals surface area contributed by atoms with Gasteiger partial charge >= 0.3 is 5.97 Å². The van der Waals surface area contributed by atoms with Crippen LogP contribution in [0.2, 0.25) is 0 Å². The van der Waals surface area contributed by atoms with Crippen LogP contribution in [0.5, 0.6) is 0 Å². The Balaban J connectivity index is 4.54. The van der Waals surface area contributed by atoms with Gasteiger partial charge in [-0.3, -0.25) is 9.59 Å². The minimum Gasteiger partial charge on any atom is -0.481 e. The largest absolute Gasteiger partial charge is 0.481 e. The highest BCUT2D eigenvalue weighted by molar-refractivity contribution is 5.88. The third kappa shape index (κ3) is 7.33. The van der Waals surface area contributed by atoms with Crippen molar-refractivity contribution < 1.29 is 14.7 Å². The van der Waals surface area contributed by atoms with Crippen molar-refractivity contribution in [3.63, 3.8) is 0 Å². The summed E-state index contributed by atoms with van der Waals surface area (Å²) in [7, 11) is 0. The van der Waals surface area contributed by atoms with Crippen LogP contribution >= 0.6 is 0 Å². The predicted octanol–water partition coefficient (Wildman–Crippen LogP) is 2.12. The van der Waals surface area contributed by atoms with Crippen molar-refractivity contribution in [2.24, 2.45) is 5.41 Å². The Labute approximate surface area is 102 Å². The van der Waals surface area contributed by atoms with Gasteiger partial charge in [0, 0.05) is 12.1 Å². The maximum Gasteiger partial charge on any atom is 0.305 e. The molecule has 96 valence electrons. The zero-order valence-corrected chi connectivity index (χ0v) is 10.9. The summed E-state index contributed by atoms with van der Waals surface area (Å²) >= 11 is 0. The van der Waals surface area contributed by atoms with E-state index in [9.17, 15) is 9.59 Å². The Hall–Kier alpha value is -1.58. The minimum atomic E-state index is -0.914. The molecule has 1 unspecified atom stereocenters. The molecule has 4 heteroatoms. The van der Waals surface area contributed by atoms with E-state index in [1.165, 1.54) is 6.08 Å². The van der Waals surface area contributed by atoms with Gasteiger partial charge in [-0.15, -0.1) is 0 Å². The number of carboxylic acid groups (broad SMARTS) is 1. The summed E-state index contributed by atoms with van der Waals surface area (Å²) in [5.41, 5.74) is -0.289. The molecule has 0 fully saturated rings. The highest BCUT2D eigenvalue weighted by Crippen LogP contribution is 2.21. The van der Waals surface area contributed by atoms with Crippen molar-refractivity contribution in [1.29, 1.82) is 0 Å². The lowest BCUT2D eigenvalue weighted by Crippen LogP contribution is -2.44. The van der Waals surface area contributed by atoms with Crippen LogP contribution < -0.4 is 5.32 Å². The van der Waals surface area contributed by atoms with Gasteiger partial charge in [-0.1, -0.05) is 39.0 Å². The summed E-state index contributed by atoms with van der Waals surface area (Å²) in [6.07, 6.45) is 6.48. The third-order valence-electron chi connectivity index (χ3n) is 2.29. The molecule has 0 spiro atoms. The van der Waals surface area contributed by atoms with Crippen LogP contribution in [0.4, 0.5) is 0 Å². The highest BCUT2D eigenvalue weighted by atomic mass is 16.4. The van der Waals surface area contributed by atoms with Crippen LogP contribution in [-0.4, -0.2) is 23.0 Å². The maximum absolute atomic E-state index is 11.5. The van der Waals surface area contributed by atoms with Crippen LogP contribution in [0.25, 0.3) is 0 Å². The van der Waals surface area contributed by atoms with Gasteiger partial charge in [-0.05, 0) is 12.3 Å². The normalized spacial score (nSPS) is 14.1. The molecule has 4 nitrogen and oxygen atoms in total. The second-order valence-corrected chi connectivity index (χ2v) is 4.91. The number of allylic oxidation sites excluding steroid dienone is 3. The maximum atomic E-state index is 11.5. The lowest BCUT2D eigenvalue weighted by atomic mass is 9.84. The Morgan fingerprint density at radius 3 is 2.29 bits per heavy atom. The minimum absolute atomic E-state index is 0.0767. The van der Waals surface area contributed by atoms with Crippen molar-refractivity contribution in [2.75, 3.05) is 0 Å². The van der Waals surface area contributed by atoms with Gasteiger partial charge in [0.1, 0.15) is 0 Å². The van der Waals surface area contributed by atoms with Crippen molar-refractivity contribution >= 4 is 11.9 Å². The zero-order chi connectivity index (χ0) is 13.5. The van der Waals surface area contributed by atoms with Gasteiger partial charge in [0.15, 0.2) is 0 Å². The number of hydrogen-bond donors (Lipinski definition) is 2. The standard InChI is InChI=1S/C13H21NO3/c1-5-6-7-8-11(15)14-10(9-12(16)17)13(2,3)4/h5-8,10H,9H2,1-4H3,(H,14,15)(H,16,17)/b6-5+,8-7?. The molecule has 0 radical (unpaired) electrons. The second kappa shape index (κ2) is 6.89. The first-order valence-electron chi connectivity index (χ1n) is 5.59. The summed E-state index contributed by atoms with van der Waals surface area (Å²) in [6.45, 7) is 7.55. The molecule has 1 atom stereocenters. The van der Waals surface area contributed by atoms with Crippen LogP contribution in [-0.2, 0) is 9.59 Å². The molecule has 0 aliphatic rings. The molecule has 0 saturated heterocycles. The Morgan fingerprint density at radius 1 is 1.29 bits per heavy atom. The summed E-state index contributed by atoms with van der Waals surface area (Å²) in [4.78, 5) is 22.2. The van der Waals surface area contributed by atoms with Gasteiger partial charge in [-0.25, -0.2) is 0 Å². The number of amides is 1. The molecule has 0 aromatic carbocycles. The third-order valence-corrected chi connectivity index (χ3v) is 2.29. The van der Waals surface area contributed by atoms with Crippen molar-refractivity contribution in [3.8, 4) is 0 Å². The van der Waals surface area contributed by atoms with E-state index in [0.29, 0.717) is 0 Å². The average molecular weight is 239 g/mol. The number of carboxylic acids is 1. The van der Waals surface area contributed by atoms with E-state index in [0.717, 1.165) is 0 Å². The van der Waals surface area contributed by atoms with Crippen LogP contribution in [0.1, 0.15) is 34.1 Å². The number of rotatable bonds is 5. The van der Waals surface area contributed by atoms with Gasteiger partial charge in [0.05, 0.1) is 6.42 Å². The first kappa shape index (κ1) is 15.4. The molecule has 0 rings (SSSR count). The lowest BCUT2D eigenvalue weighted by Gasteiger charge is -2.29. The molecule has 1 amide bonds. The van der Waals surface area contributed by atoms with Gasteiger partial charge in [0.2, 0.25) is 5.91 Å². The molecule has 0 aliphatic heterocycles. The van der Waals surface area contributed by atoms with Gasteiger partial charge in [-0.2, -0.15) is 0 Å². The summed E-state index contributed by atoms with van der Waals surface area (Å²) in [6, 6.07) is -0.386. The van der Waals surface area contributed by atoms with Crippen molar-refractivity contribution in [1.82, 2.24) is 5.32 Å². The van der Waals surface area contributed by atoms with E-state index in [-0.39, 0.29) is 23.8 Å². The number of carbonyl (C=O) groups excluding carboxylic acids is 1. The lowest BCUT2D eigenvalue weighted by molar-refractivity contribution is -0.138. The van der Waals surface area contributed by atoms with E-state index >= 15 is 0 Å². The molecule has 0 aromatic rings. The highest BCUT2D eigenvalue weighted by Gasteiger charge is 2.27. The van der Waals surface area contributed by atoms with Gasteiger partial charge < -0.3 is 10.4 Å². The van der Waals surface area contributed by atoms with Gasteiger partial charge in [0.25, 0.3) is 0 Å². The fourth-order valence-corrected chi connectivity index (χ4v) is 1.22. The average Bonchev–Trinajstić information content (AvgIpc) is 2.15. The van der Waals surface area contributed by atoms with Crippen molar-refractivity contribution in [3.05, 3.63) is 24.3 Å². The topological polar surface area (TPSA) is 66.4 Å². The molecule has 17 heavy (non-hydrogen) atoms. The molecule has 0 bridgehead atoms. The van der Waals surface area contributed by atoms with E-state index in [1.807, 2.05) is 33.8 Å². The molecule has 0 aromatic heterocycles. The Bertz CT molecular complexity index is 324. The molecule has 2 N–H and O–H groups in total. The fraction of sp³-hybridized carbons (Fsp3) is 0.538. The van der Waals surface area contributed by atoms with E-state index in [1.54, 1.807) is 12.2 Å². The molecule has 0 saturated carbocycles. The SMILES string of the molecule is C/C=C/C=CC(=O)NC(CC(=O)O)C(C)(C)C. The summed E-state index contributed by atoms with van der Waals surface area (Å²) < 4.78 is 0. The van der Waals surface area contributed by atoms with E-state index in [4.69, 9.17) is 5.11 Å². The Morgan fingerprint density at radius 2 is 1.88 bits per heavy atom. The quantitative estimate of drug-likeness (QED) is 0.570. The number of carbonyl (C=O) groups is 2. The Kier molecular flexibility index (Phi) is 6.25. The van der Waals surface area contributed by atoms with E-state index in [2.05, 4.69) is 5.32 Å². The first-order valence-corrected chi connectivity index (χ1v) is 5.59. The summed E-state index contributed by atoms with van der Waals surface area (Å²) in [5.74, 6) is -1.19. The van der Waals surface area contributed by atoms with Crippen LogP contribution in [0.3, 0.4) is 0 Å². The monoisotopic (exact) mass is 239 g/mol. The zero-order valence-electron chi connectivity index (χ0n) is 10.9. The molecular weight excluding hydrogens is 218 g/mol. The molecule has 0 heterocycles. The van der Waals surface area contributed by atoms with Crippen molar-refractivity contribution in [2.45, 2.75) is 40.2 Å². The predicted molar refractivity (Wildman–Crippen MR) is 67.6 cm³/mol. The fourth-order valence-electron chi connectivity index (χ4n) is 1.22. The first-order chi connectivity index (χ1) is 7.77. The number of nitrogens with one attached hydrogen (secondary N) is 1.